The average Bonchev–Trinajstić information content (AvgIpc) is 2.81. The number of aryl methyl sites for hydroxylation is 1. The number of rotatable bonds is 4. The summed E-state index contributed by atoms with van der Waals surface area (Å²) in [5.41, 5.74) is 0.847. The molecule has 20 heavy (non-hydrogen) atoms. The van der Waals surface area contributed by atoms with E-state index >= 15 is 0 Å². The van der Waals surface area contributed by atoms with Gasteiger partial charge in [-0.05, 0) is 5.56 Å². The Hall–Kier alpha value is -2.63. The molecule has 6 heteroatoms. The molecule has 1 aromatic carbocycles. The van der Waals surface area contributed by atoms with Crippen LogP contribution in [-0.4, -0.2) is 38.7 Å². The fraction of sp³-hybridized carbons (Fsp3) is 0.214. The lowest BCUT2D eigenvalue weighted by Crippen LogP contribution is -2.27. The van der Waals surface area contributed by atoms with Crippen LogP contribution in [0.25, 0.3) is 0 Å². The Morgan fingerprint density at radius 2 is 1.95 bits per heavy atom. The molecule has 0 spiro atoms. The molecule has 6 nitrogen and oxygen atoms in total. The molecule has 0 saturated heterocycles. The first-order valence-electron chi connectivity index (χ1n) is 6.05. The van der Waals surface area contributed by atoms with Crippen molar-refractivity contribution in [1.29, 1.82) is 0 Å². The largest absolute Gasteiger partial charge is 0.476 e. The second-order valence-electron chi connectivity index (χ2n) is 4.52. The van der Waals surface area contributed by atoms with Crippen LogP contribution in [0.4, 0.5) is 0 Å². The van der Waals surface area contributed by atoms with Gasteiger partial charge >= 0.3 is 5.97 Å². The van der Waals surface area contributed by atoms with Crippen LogP contribution < -0.4 is 0 Å². The summed E-state index contributed by atoms with van der Waals surface area (Å²) < 4.78 is 1.33. The van der Waals surface area contributed by atoms with Gasteiger partial charge in [-0.3, -0.25) is 9.48 Å². The summed E-state index contributed by atoms with van der Waals surface area (Å²) in [5.74, 6) is -1.57. The highest BCUT2D eigenvalue weighted by Crippen LogP contribution is 2.12. The molecular weight excluding hydrogens is 258 g/mol. The first-order valence-corrected chi connectivity index (χ1v) is 6.05. The summed E-state index contributed by atoms with van der Waals surface area (Å²) >= 11 is 0. The number of carboxylic acid groups (broad SMARTS) is 1. The number of hydrogen-bond donors (Lipinski definition) is 1. The number of aromatic carboxylic acids is 1. The minimum atomic E-state index is -1.21. The van der Waals surface area contributed by atoms with Crippen LogP contribution in [0.5, 0.6) is 0 Å². The van der Waals surface area contributed by atoms with E-state index < -0.39 is 5.97 Å². The van der Waals surface area contributed by atoms with Gasteiger partial charge in [-0.2, -0.15) is 5.10 Å². The van der Waals surface area contributed by atoms with Crippen molar-refractivity contribution in [1.82, 2.24) is 14.7 Å². The van der Waals surface area contributed by atoms with E-state index in [2.05, 4.69) is 5.10 Å². The fourth-order valence-corrected chi connectivity index (χ4v) is 1.94. The van der Waals surface area contributed by atoms with Crippen molar-refractivity contribution < 1.29 is 14.7 Å². The number of hydrogen-bond acceptors (Lipinski definition) is 3. The number of benzene rings is 1. The van der Waals surface area contributed by atoms with E-state index in [0.717, 1.165) is 5.56 Å². The molecule has 1 N–H and O–H groups in total. The van der Waals surface area contributed by atoms with Crippen LogP contribution in [0.15, 0.2) is 36.5 Å². The van der Waals surface area contributed by atoms with Crippen molar-refractivity contribution in [2.75, 3.05) is 7.05 Å². The second-order valence-corrected chi connectivity index (χ2v) is 4.52. The number of aromatic nitrogens is 2. The summed E-state index contributed by atoms with van der Waals surface area (Å²) in [4.78, 5) is 24.8. The van der Waals surface area contributed by atoms with E-state index in [1.165, 1.54) is 15.8 Å². The van der Waals surface area contributed by atoms with Crippen molar-refractivity contribution in [3.63, 3.8) is 0 Å². The SMILES string of the molecule is CN(Cc1ccccc1)C(=O)c1cn(C)nc1C(=O)O. The molecule has 0 aliphatic rings. The third-order valence-corrected chi connectivity index (χ3v) is 2.87. The van der Waals surface area contributed by atoms with E-state index in [9.17, 15) is 9.59 Å². The molecule has 0 aliphatic heterocycles. The van der Waals surface area contributed by atoms with Crippen LogP contribution in [0, 0.1) is 0 Å². The molecule has 2 aromatic rings. The monoisotopic (exact) mass is 273 g/mol. The summed E-state index contributed by atoms with van der Waals surface area (Å²) in [6, 6.07) is 9.49. The fourth-order valence-electron chi connectivity index (χ4n) is 1.94. The first kappa shape index (κ1) is 13.8. The molecule has 1 heterocycles. The molecule has 0 aliphatic carbocycles. The van der Waals surface area contributed by atoms with Gasteiger partial charge in [0.15, 0.2) is 5.69 Å². The Kier molecular flexibility index (Phi) is 3.84. The van der Waals surface area contributed by atoms with Crippen molar-refractivity contribution in [2.45, 2.75) is 6.54 Å². The molecule has 0 bridgehead atoms. The predicted octanol–water partition coefficient (Wildman–Crippen LogP) is 1.39. The van der Waals surface area contributed by atoms with Crippen molar-refractivity contribution in [3.05, 3.63) is 53.3 Å². The minimum Gasteiger partial charge on any atom is -0.476 e. The van der Waals surface area contributed by atoms with Crippen LogP contribution >= 0.6 is 0 Å². The van der Waals surface area contributed by atoms with Crippen LogP contribution in [0.2, 0.25) is 0 Å². The zero-order chi connectivity index (χ0) is 14.7. The van der Waals surface area contributed by atoms with Gasteiger partial charge in [0.05, 0.1) is 5.56 Å². The minimum absolute atomic E-state index is 0.0958. The molecule has 0 unspecified atom stereocenters. The van der Waals surface area contributed by atoms with Gasteiger partial charge in [-0.25, -0.2) is 4.79 Å². The molecule has 0 saturated carbocycles. The summed E-state index contributed by atoms with van der Waals surface area (Å²) in [7, 11) is 3.22. The van der Waals surface area contributed by atoms with E-state index in [0.29, 0.717) is 6.54 Å². The number of amides is 1. The lowest BCUT2D eigenvalue weighted by Gasteiger charge is -2.16. The Balaban J connectivity index is 2.21. The highest BCUT2D eigenvalue weighted by molar-refractivity contribution is 6.03. The third-order valence-electron chi connectivity index (χ3n) is 2.87. The highest BCUT2D eigenvalue weighted by Gasteiger charge is 2.23. The Labute approximate surface area is 116 Å². The first-order chi connectivity index (χ1) is 9.49. The van der Waals surface area contributed by atoms with Crippen LogP contribution in [-0.2, 0) is 13.6 Å². The van der Waals surface area contributed by atoms with E-state index in [1.54, 1.807) is 14.1 Å². The van der Waals surface area contributed by atoms with Crippen LogP contribution in [0.1, 0.15) is 26.4 Å². The number of carboxylic acids is 1. The normalized spacial score (nSPS) is 10.3. The van der Waals surface area contributed by atoms with Gasteiger partial charge in [-0.1, -0.05) is 30.3 Å². The van der Waals surface area contributed by atoms with Crippen molar-refractivity contribution >= 4 is 11.9 Å². The van der Waals surface area contributed by atoms with E-state index in [1.807, 2.05) is 30.3 Å². The quantitative estimate of drug-likeness (QED) is 0.913. The molecule has 0 fully saturated rings. The van der Waals surface area contributed by atoms with Crippen molar-refractivity contribution in [3.8, 4) is 0 Å². The van der Waals surface area contributed by atoms with E-state index in [4.69, 9.17) is 5.11 Å². The predicted molar refractivity (Wildman–Crippen MR) is 72.4 cm³/mol. The third kappa shape index (κ3) is 2.85. The van der Waals surface area contributed by atoms with Gasteiger partial charge in [-0.15, -0.1) is 0 Å². The second kappa shape index (κ2) is 5.56. The van der Waals surface area contributed by atoms with Gasteiger partial charge in [0.25, 0.3) is 5.91 Å². The zero-order valence-corrected chi connectivity index (χ0v) is 11.3. The smallest absolute Gasteiger partial charge is 0.357 e. The van der Waals surface area contributed by atoms with Gasteiger partial charge in [0.2, 0.25) is 0 Å². The molecule has 2 rings (SSSR count). The summed E-state index contributed by atoms with van der Waals surface area (Å²) in [5, 5.41) is 12.8. The zero-order valence-electron chi connectivity index (χ0n) is 11.3. The molecule has 0 atom stereocenters. The maximum Gasteiger partial charge on any atom is 0.357 e. The Morgan fingerprint density at radius 1 is 1.30 bits per heavy atom. The maximum atomic E-state index is 12.3. The summed E-state index contributed by atoms with van der Waals surface area (Å²) in [6.07, 6.45) is 1.42. The Bertz CT molecular complexity index is 634. The molecular formula is C14H15N3O3. The molecule has 104 valence electrons. The Morgan fingerprint density at radius 3 is 2.55 bits per heavy atom. The topological polar surface area (TPSA) is 75.4 Å². The highest BCUT2D eigenvalue weighted by atomic mass is 16.4. The van der Waals surface area contributed by atoms with E-state index in [-0.39, 0.29) is 17.2 Å². The molecule has 0 radical (unpaired) electrons. The molecule has 1 amide bonds. The van der Waals surface area contributed by atoms with Gasteiger partial charge < -0.3 is 10.0 Å². The average molecular weight is 273 g/mol. The lowest BCUT2D eigenvalue weighted by molar-refractivity contribution is 0.0674. The maximum absolute atomic E-state index is 12.3. The van der Waals surface area contributed by atoms with Crippen LogP contribution in [0.3, 0.4) is 0 Å². The van der Waals surface area contributed by atoms with Gasteiger partial charge in [0.1, 0.15) is 0 Å². The van der Waals surface area contributed by atoms with Gasteiger partial charge in [0, 0.05) is 26.8 Å². The molecule has 1 aromatic heterocycles. The number of carbonyl (C=O) groups excluding carboxylic acids is 1. The standard InChI is InChI=1S/C14H15N3O3/c1-16(8-10-6-4-3-5-7-10)13(18)11-9-17(2)15-12(11)14(19)20/h3-7,9H,8H2,1-2H3,(H,19,20). The number of nitrogens with zero attached hydrogens (tertiary/aromatic N) is 3. The van der Waals surface area contributed by atoms with Crippen molar-refractivity contribution in [2.24, 2.45) is 7.05 Å². The number of carbonyl (C=O) groups is 2. The lowest BCUT2D eigenvalue weighted by atomic mass is 10.2. The summed E-state index contributed by atoms with van der Waals surface area (Å²) in [6.45, 7) is 0.410.